The van der Waals surface area contributed by atoms with Gasteiger partial charge in [0.1, 0.15) is 11.6 Å². The number of rotatable bonds is 3. The Balaban J connectivity index is 2.18. The first-order chi connectivity index (χ1) is 9.58. The van der Waals surface area contributed by atoms with Crippen LogP contribution in [-0.4, -0.2) is 5.91 Å². The van der Waals surface area contributed by atoms with Crippen molar-refractivity contribution in [3.63, 3.8) is 0 Å². The van der Waals surface area contributed by atoms with Crippen molar-refractivity contribution in [1.29, 1.82) is 5.26 Å². The number of anilines is 1. The second-order valence-electron chi connectivity index (χ2n) is 4.16. The van der Waals surface area contributed by atoms with E-state index in [4.69, 9.17) is 5.26 Å². The lowest BCUT2D eigenvalue weighted by molar-refractivity contribution is -0.112. The Hall–Kier alpha value is -1.90. The van der Waals surface area contributed by atoms with Crippen LogP contribution in [0.3, 0.4) is 0 Å². The zero-order valence-corrected chi connectivity index (χ0v) is 13.1. The summed E-state index contributed by atoms with van der Waals surface area (Å²) in [7, 11) is 0. The molecule has 1 aromatic heterocycles. The molecule has 0 saturated heterocycles. The van der Waals surface area contributed by atoms with Crippen molar-refractivity contribution >= 4 is 44.9 Å². The van der Waals surface area contributed by atoms with Gasteiger partial charge in [-0.3, -0.25) is 4.79 Å². The van der Waals surface area contributed by atoms with Gasteiger partial charge >= 0.3 is 0 Å². The first kappa shape index (κ1) is 14.5. The fourth-order valence-electron chi connectivity index (χ4n) is 1.62. The number of halogens is 1. The first-order valence-corrected chi connectivity index (χ1v) is 7.49. The van der Waals surface area contributed by atoms with Crippen LogP contribution in [0.4, 0.5) is 5.69 Å². The smallest absolute Gasteiger partial charge is 0.266 e. The molecule has 0 unspecified atom stereocenters. The third-order valence-corrected chi connectivity index (χ3v) is 4.16. The standard InChI is InChI=1S/C15H11BrN2OS/c1-10-3-2-4-13(5-10)18-15(19)11(8-17)6-14-7-12(16)9-20-14/h2-7,9H,1H3,(H,18,19)/b11-6+. The van der Waals surface area contributed by atoms with Crippen LogP contribution in [0.2, 0.25) is 0 Å². The molecule has 0 fully saturated rings. The summed E-state index contributed by atoms with van der Waals surface area (Å²) in [5.74, 6) is -0.400. The van der Waals surface area contributed by atoms with Crippen LogP contribution in [0.5, 0.6) is 0 Å². The zero-order chi connectivity index (χ0) is 14.5. The third kappa shape index (κ3) is 3.80. The van der Waals surface area contributed by atoms with Gasteiger partial charge in [-0.25, -0.2) is 0 Å². The summed E-state index contributed by atoms with van der Waals surface area (Å²) in [5, 5.41) is 13.7. The molecule has 0 spiro atoms. The summed E-state index contributed by atoms with van der Waals surface area (Å²) in [4.78, 5) is 12.9. The summed E-state index contributed by atoms with van der Waals surface area (Å²) >= 11 is 4.81. The molecule has 1 N–H and O–H groups in total. The van der Waals surface area contributed by atoms with Crippen molar-refractivity contribution in [3.8, 4) is 6.07 Å². The van der Waals surface area contributed by atoms with Gasteiger partial charge in [0, 0.05) is 20.4 Å². The van der Waals surface area contributed by atoms with E-state index in [0.29, 0.717) is 5.69 Å². The molecule has 0 aliphatic rings. The summed E-state index contributed by atoms with van der Waals surface area (Å²) < 4.78 is 0.935. The number of hydrogen-bond donors (Lipinski definition) is 1. The van der Waals surface area contributed by atoms with Crippen molar-refractivity contribution in [2.75, 3.05) is 5.32 Å². The Labute approximate surface area is 129 Å². The van der Waals surface area contributed by atoms with Crippen LogP contribution in [0, 0.1) is 18.3 Å². The molecule has 20 heavy (non-hydrogen) atoms. The van der Waals surface area contributed by atoms with Crippen molar-refractivity contribution in [3.05, 3.63) is 56.2 Å². The molecule has 2 aromatic rings. The van der Waals surface area contributed by atoms with E-state index in [0.717, 1.165) is 14.9 Å². The minimum atomic E-state index is -0.400. The molecular formula is C15H11BrN2OS. The van der Waals surface area contributed by atoms with Gasteiger partial charge in [0.2, 0.25) is 0 Å². The van der Waals surface area contributed by atoms with Crippen LogP contribution in [0.15, 0.2) is 45.8 Å². The summed E-state index contributed by atoms with van der Waals surface area (Å²) in [5.41, 5.74) is 1.82. The van der Waals surface area contributed by atoms with Gasteiger partial charge in [-0.2, -0.15) is 5.26 Å². The minimum Gasteiger partial charge on any atom is -0.321 e. The van der Waals surface area contributed by atoms with Crippen molar-refractivity contribution in [2.24, 2.45) is 0 Å². The lowest BCUT2D eigenvalue weighted by Crippen LogP contribution is -2.13. The van der Waals surface area contributed by atoms with Crippen LogP contribution in [0.1, 0.15) is 10.4 Å². The highest BCUT2D eigenvalue weighted by atomic mass is 79.9. The average Bonchev–Trinajstić information content (AvgIpc) is 2.81. The molecule has 3 nitrogen and oxygen atoms in total. The number of nitriles is 1. The van der Waals surface area contributed by atoms with Gasteiger partial charge in [-0.05, 0) is 52.7 Å². The molecule has 1 amide bonds. The molecule has 0 aliphatic carbocycles. The summed E-state index contributed by atoms with van der Waals surface area (Å²) in [6.45, 7) is 1.94. The van der Waals surface area contributed by atoms with Crippen molar-refractivity contribution in [1.82, 2.24) is 0 Å². The van der Waals surface area contributed by atoms with E-state index in [2.05, 4.69) is 21.2 Å². The second-order valence-corrected chi connectivity index (χ2v) is 6.02. The number of aryl methyl sites for hydroxylation is 1. The van der Waals surface area contributed by atoms with Crippen LogP contribution in [-0.2, 0) is 4.79 Å². The monoisotopic (exact) mass is 346 g/mol. The number of benzene rings is 1. The fourth-order valence-corrected chi connectivity index (χ4v) is 2.99. The van der Waals surface area contributed by atoms with Gasteiger partial charge < -0.3 is 5.32 Å². The van der Waals surface area contributed by atoms with E-state index in [-0.39, 0.29) is 5.57 Å². The maximum Gasteiger partial charge on any atom is 0.266 e. The Morgan fingerprint density at radius 2 is 2.25 bits per heavy atom. The zero-order valence-electron chi connectivity index (χ0n) is 10.7. The highest BCUT2D eigenvalue weighted by Crippen LogP contribution is 2.22. The molecule has 100 valence electrons. The molecular weight excluding hydrogens is 336 g/mol. The van der Waals surface area contributed by atoms with Crippen LogP contribution in [0.25, 0.3) is 6.08 Å². The Bertz CT molecular complexity index is 713. The molecule has 2 rings (SSSR count). The first-order valence-electron chi connectivity index (χ1n) is 5.82. The van der Waals surface area contributed by atoms with E-state index in [1.807, 2.05) is 42.6 Å². The second kappa shape index (κ2) is 6.51. The van der Waals surface area contributed by atoms with Gasteiger partial charge in [0.15, 0.2) is 0 Å². The summed E-state index contributed by atoms with van der Waals surface area (Å²) in [6.07, 6.45) is 1.58. The van der Waals surface area contributed by atoms with Crippen molar-refractivity contribution < 1.29 is 4.79 Å². The molecule has 1 heterocycles. The molecule has 0 saturated carbocycles. The van der Waals surface area contributed by atoms with Gasteiger partial charge in [-0.1, -0.05) is 12.1 Å². The van der Waals surface area contributed by atoms with Crippen molar-refractivity contribution in [2.45, 2.75) is 6.92 Å². The van der Waals surface area contributed by atoms with Gasteiger partial charge in [-0.15, -0.1) is 11.3 Å². The van der Waals surface area contributed by atoms with Crippen LogP contribution >= 0.6 is 27.3 Å². The Morgan fingerprint density at radius 1 is 1.45 bits per heavy atom. The van der Waals surface area contributed by atoms with E-state index in [1.54, 1.807) is 12.1 Å². The number of carbonyl (C=O) groups excluding carboxylic acids is 1. The lowest BCUT2D eigenvalue weighted by atomic mass is 10.2. The number of amides is 1. The minimum absolute atomic E-state index is 0.0841. The maximum absolute atomic E-state index is 12.1. The largest absolute Gasteiger partial charge is 0.321 e. The number of thiophene rings is 1. The highest BCUT2D eigenvalue weighted by Gasteiger charge is 2.10. The van der Waals surface area contributed by atoms with Crippen LogP contribution < -0.4 is 5.32 Å². The molecule has 1 aromatic carbocycles. The van der Waals surface area contributed by atoms with Gasteiger partial charge in [0.25, 0.3) is 5.91 Å². The molecule has 0 aliphatic heterocycles. The van der Waals surface area contributed by atoms with Gasteiger partial charge in [0.05, 0.1) is 0 Å². The van der Waals surface area contributed by atoms with E-state index in [1.165, 1.54) is 11.3 Å². The average molecular weight is 347 g/mol. The topological polar surface area (TPSA) is 52.9 Å². The molecule has 0 radical (unpaired) electrons. The Morgan fingerprint density at radius 3 is 2.85 bits per heavy atom. The molecule has 0 bridgehead atoms. The number of nitrogens with zero attached hydrogens (tertiary/aromatic N) is 1. The lowest BCUT2D eigenvalue weighted by Gasteiger charge is -2.04. The van der Waals surface area contributed by atoms with E-state index < -0.39 is 5.91 Å². The molecule has 5 heteroatoms. The molecule has 0 atom stereocenters. The highest BCUT2D eigenvalue weighted by molar-refractivity contribution is 9.10. The van der Waals surface area contributed by atoms with E-state index >= 15 is 0 Å². The normalized spacial score (nSPS) is 10.9. The maximum atomic E-state index is 12.1. The number of hydrogen-bond acceptors (Lipinski definition) is 3. The quantitative estimate of drug-likeness (QED) is 0.662. The third-order valence-electron chi connectivity index (χ3n) is 2.52. The summed E-state index contributed by atoms with van der Waals surface area (Å²) in [6, 6.07) is 11.2. The fraction of sp³-hybridized carbons (Fsp3) is 0.0667. The number of carbonyl (C=O) groups is 1. The predicted molar refractivity (Wildman–Crippen MR) is 85.4 cm³/mol. The predicted octanol–water partition coefficient (Wildman–Crippen LogP) is 4.36. The van der Waals surface area contributed by atoms with E-state index in [9.17, 15) is 4.79 Å². The SMILES string of the molecule is Cc1cccc(NC(=O)/C(C#N)=C/c2cc(Br)cs2)c1. The number of nitrogens with one attached hydrogen (secondary N) is 1. The Kier molecular flexibility index (Phi) is 4.72.